The maximum atomic E-state index is 12.4. The Morgan fingerprint density at radius 3 is 1.78 bits per heavy atom. The molecule has 0 atom stereocenters. The summed E-state index contributed by atoms with van der Waals surface area (Å²) in [7, 11) is -1.44. The van der Waals surface area contributed by atoms with Crippen LogP contribution in [-0.2, 0) is 17.1 Å². The van der Waals surface area contributed by atoms with Gasteiger partial charge < -0.3 is 0 Å². The van der Waals surface area contributed by atoms with Crippen LogP contribution in [0.4, 0.5) is 0 Å². The Kier molecular flexibility index (Phi) is 8.82. The van der Waals surface area contributed by atoms with Crippen LogP contribution in [0, 0.1) is 62.8 Å². The summed E-state index contributed by atoms with van der Waals surface area (Å²) in [6.45, 7) is 6.80. The van der Waals surface area contributed by atoms with Crippen molar-refractivity contribution in [1.82, 2.24) is 0 Å². The number of ketones is 1. The van der Waals surface area contributed by atoms with Crippen LogP contribution in [0.2, 0.25) is 19.6 Å². The van der Waals surface area contributed by atoms with Crippen molar-refractivity contribution in [3.05, 3.63) is 98.7 Å². The molecule has 2 aliphatic carbocycles. The molecule has 0 aliphatic heterocycles. The molecule has 0 heterocycles. The SMILES string of the molecule is C[Si](C)(C)[C]1[CH][CH][CH][C]1C(=O)c1ccccc1.[CH]1[CH][CH][CH][CH]1.[Fe+2]. The molecule has 1 aromatic rings. The van der Waals surface area contributed by atoms with E-state index in [-0.39, 0.29) is 22.9 Å². The zero-order valence-corrected chi connectivity index (χ0v) is 15.9. The topological polar surface area (TPSA) is 17.1 Å². The van der Waals surface area contributed by atoms with E-state index in [1.807, 2.05) is 75.3 Å². The van der Waals surface area contributed by atoms with Gasteiger partial charge in [-0.15, -0.1) is 0 Å². The molecule has 10 radical (unpaired) electrons. The van der Waals surface area contributed by atoms with Gasteiger partial charge in [-0.05, 0) is 56.9 Å². The standard InChI is InChI=1S/C15H17OSi.C5H5.Fe/c1-17(2,3)14-11-7-10-13(14)15(16)12-8-5-4-6-9-12;1-2-4-5-3-1;/h4-11H,1-3H3;1-5H;/q;;+2. The Labute approximate surface area is 154 Å². The summed E-state index contributed by atoms with van der Waals surface area (Å²) in [5, 5.41) is 0. The molecule has 0 bridgehead atoms. The van der Waals surface area contributed by atoms with Gasteiger partial charge in [0.25, 0.3) is 0 Å². The van der Waals surface area contributed by atoms with Crippen molar-refractivity contribution in [2.24, 2.45) is 0 Å². The smallest absolute Gasteiger partial charge is 0.293 e. The zero-order valence-electron chi connectivity index (χ0n) is 13.8. The third kappa shape index (κ3) is 6.21. The van der Waals surface area contributed by atoms with Crippen molar-refractivity contribution in [3.8, 4) is 0 Å². The van der Waals surface area contributed by atoms with Crippen molar-refractivity contribution in [2.75, 3.05) is 0 Å². The number of carbonyl (C=O) groups excluding carboxylic acids is 1. The summed E-state index contributed by atoms with van der Waals surface area (Å²) < 4.78 is 0. The van der Waals surface area contributed by atoms with Crippen molar-refractivity contribution in [2.45, 2.75) is 19.6 Å². The fourth-order valence-electron chi connectivity index (χ4n) is 2.34. The molecule has 2 saturated carbocycles. The number of rotatable bonds is 3. The van der Waals surface area contributed by atoms with Crippen molar-refractivity contribution in [1.29, 1.82) is 0 Å². The Morgan fingerprint density at radius 1 is 0.783 bits per heavy atom. The molecule has 0 aromatic heterocycles. The van der Waals surface area contributed by atoms with Gasteiger partial charge in [0.2, 0.25) is 0 Å². The molecular weight excluding hydrogens is 340 g/mol. The van der Waals surface area contributed by atoms with Gasteiger partial charge in [-0.25, -0.2) is 0 Å². The fourth-order valence-corrected chi connectivity index (χ4v) is 3.94. The summed E-state index contributed by atoms with van der Waals surface area (Å²) in [5.74, 6) is 1.03. The van der Waals surface area contributed by atoms with E-state index in [1.54, 1.807) is 0 Å². The molecule has 23 heavy (non-hydrogen) atoms. The maximum absolute atomic E-state index is 12.4. The number of Topliss-reactive ketones (excluding diaryl/α,β-unsaturated/α-hetero) is 1. The van der Waals surface area contributed by atoms with E-state index < -0.39 is 8.07 Å². The third-order valence-electron chi connectivity index (χ3n) is 3.46. The molecule has 0 spiro atoms. The van der Waals surface area contributed by atoms with Crippen LogP contribution >= 0.6 is 0 Å². The summed E-state index contributed by atoms with van der Waals surface area (Å²) >= 11 is 0. The van der Waals surface area contributed by atoms with Crippen LogP contribution < -0.4 is 0 Å². The fraction of sp³-hybridized carbons (Fsp3) is 0.150. The summed E-state index contributed by atoms with van der Waals surface area (Å²) in [6, 6.07) is 9.50. The molecule has 1 aromatic carbocycles. The molecule has 2 fully saturated rings. The van der Waals surface area contributed by atoms with Crippen LogP contribution in [-0.4, -0.2) is 13.9 Å². The monoisotopic (exact) mass is 362 g/mol. The first-order chi connectivity index (χ1) is 10.5. The van der Waals surface area contributed by atoms with Crippen LogP contribution in [0.25, 0.3) is 0 Å². The van der Waals surface area contributed by atoms with Crippen LogP contribution in [0.15, 0.2) is 30.3 Å². The van der Waals surface area contributed by atoms with Gasteiger partial charge in [-0.2, -0.15) is 0 Å². The average Bonchev–Trinajstić information content (AvgIpc) is 3.20. The number of hydrogen-bond donors (Lipinski definition) is 0. The maximum Gasteiger partial charge on any atom is 2.00 e. The second-order valence-electron chi connectivity index (χ2n) is 6.26. The average molecular weight is 362 g/mol. The van der Waals surface area contributed by atoms with Gasteiger partial charge in [-0.3, -0.25) is 4.79 Å². The minimum absolute atomic E-state index is 0. The van der Waals surface area contributed by atoms with Gasteiger partial charge in [0.05, 0.1) is 14.0 Å². The normalized spacial score (nSPS) is 18.9. The Morgan fingerprint density at radius 2 is 1.30 bits per heavy atom. The minimum Gasteiger partial charge on any atom is -0.293 e. The van der Waals surface area contributed by atoms with Crippen LogP contribution in [0.1, 0.15) is 10.4 Å². The Hall–Kier alpha value is -0.374. The van der Waals surface area contributed by atoms with Crippen molar-refractivity contribution >= 4 is 13.9 Å². The molecule has 0 N–H and O–H groups in total. The molecule has 3 rings (SSSR count). The largest absolute Gasteiger partial charge is 2.00 e. The molecule has 0 amide bonds. The quantitative estimate of drug-likeness (QED) is 0.570. The van der Waals surface area contributed by atoms with Gasteiger partial charge in [0.1, 0.15) is 0 Å². The van der Waals surface area contributed by atoms with E-state index in [4.69, 9.17) is 0 Å². The predicted molar refractivity (Wildman–Crippen MR) is 95.0 cm³/mol. The Balaban J connectivity index is 0.000000377. The number of benzene rings is 1. The van der Waals surface area contributed by atoms with Crippen molar-refractivity contribution < 1.29 is 21.9 Å². The van der Waals surface area contributed by atoms with Gasteiger partial charge in [0.15, 0.2) is 5.78 Å². The summed E-state index contributed by atoms with van der Waals surface area (Å²) in [5.41, 5.74) is 2.03. The minimum atomic E-state index is -1.44. The van der Waals surface area contributed by atoms with Crippen molar-refractivity contribution in [3.63, 3.8) is 0 Å². The first-order valence-electron chi connectivity index (χ1n) is 7.53. The molecule has 118 valence electrons. The molecule has 0 saturated heterocycles. The third-order valence-corrected chi connectivity index (χ3v) is 5.51. The molecule has 3 heteroatoms. The Bertz CT molecular complexity index is 455. The van der Waals surface area contributed by atoms with Crippen LogP contribution in [0.5, 0.6) is 0 Å². The second-order valence-corrected chi connectivity index (χ2v) is 11.3. The van der Waals surface area contributed by atoms with E-state index in [1.165, 1.54) is 5.54 Å². The molecule has 2 aliphatic rings. The first kappa shape index (κ1) is 20.7. The predicted octanol–water partition coefficient (Wildman–Crippen LogP) is 4.54. The molecule has 1 nitrogen and oxygen atoms in total. The molecule has 0 unspecified atom stereocenters. The van der Waals surface area contributed by atoms with E-state index in [2.05, 4.69) is 26.1 Å². The van der Waals surface area contributed by atoms with Gasteiger partial charge >= 0.3 is 17.1 Å². The number of carbonyl (C=O) groups is 1. The van der Waals surface area contributed by atoms with Gasteiger partial charge in [-0.1, -0.05) is 50.0 Å². The zero-order chi connectivity index (χ0) is 16.0. The van der Waals surface area contributed by atoms with E-state index >= 15 is 0 Å². The second kappa shape index (κ2) is 9.81. The van der Waals surface area contributed by atoms with E-state index in [9.17, 15) is 4.79 Å². The first-order valence-corrected chi connectivity index (χ1v) is 11.0. The number of hydrogen-bond acceptors (Lipinski definition) is 1. The summed E-state index contributed by atoms with van der Waals surface area (Å²) in [6.07, 6.45) is 16.0. The summed E-state index contributed by atoms with van der Waals surface area (Å²) in [4.78, 5) is 12.4. The van der Waals surface area contributed by atoms with E-state index in [0.717, 1.165) is 11.5 Å². The van der Waals surface area contributed by atoms with Gasteiger partial charge in [0, 0.05) is 5.56 Å². The van der Waals surface area contributed by atoms with E-state index in [0.29, 0.717) is 0 Å². The van der Waals surface area contributed by atoms with Crippen LogP contribution in [0.3, 0.4) is 0 Å². The molecular formula is C20H22FeOSi+2.